The van der Waals surface area contributed by atoms with Crippen LogP contribution in [0.3, 0.4) is 0 Å². The lowest BCUT2D eigenvalue weighted by Gasteiger charge is -2.70. The van der Waals surface area contributed by atoms with E-state index in [2.05, 4.69) is 54.5 Å². The summed E-state index contributed by atoms with van der Waals surface area (Å²) in [5.74, 6) is 0.445. The number of aliphatic hydroxyl groups is 9. The van der Waals surface area contributed by atoms with Crippen molar-refractivity contribution in [3.63, 3.8) is 0 Å². The third-order valence-corrected chi connectivity index (χ3v) is 16.6. The summed E-state index contributed by atoms with van der Waals surface area (Å²) in [6.07, 6.45) is -6.48. The van der Waals surface area contributed by atoms with Crippen LogP contribution < -0.4 is 0 Å². The smallest absolute Gasteiger partial charge is 0.187 e. The van der Waals surface area contributed by atoms with E-state index in [0.29, 0.717) is 19.3 Å². The molecule has 6 rings (SSSR count). The Bertz CT molecular complexity index is 1370. The molecule has 0 amide bonds. The first-order chi connectivity index (χ1) is 25.6. The first-order valence-electron chi connectivity index (χ1n) is 20.9. The van der Waals surface area contributed by atoms with Crippen LogP contribution in [0.1, 0.15) is 113 Å². The first kappa shape index (κ1) is 43.8. The quantitative estimate of drug-likeness (QED) is 0.115. The van der Waals surface area contributed by atoms with Crippen molar-refractivity contribution in [3.8, 4) is 0 Å². The molecular formula is C42H72O13. The molecule has 2 saturated heterocycles. The summed E-state index contributed by atoms with van der Waals surface area (Å²) >= 11 is 0. The Balaban J connectivity index is 1.23. The molecule has 0 radical (unpaired) electrons. The summed E-state index contributed by atoms with van der Waals surface area (Å²) in [7, 11) is 0. The molecule has 6 fully saturated rings. The van der Waals surface area contributed by atoms with E-state index < -0.39 is 97.8 Å². The molecule has 4 saturated carbocycles. The van der Waals surface area contributed by atoms with Gasteiger partial charge in [0.2, 0.25) is 0 Å². The Morgan fingerprint density at radius 2 is 1.33 bits per heavy atom. The fourth-order valence-electron chi connectivity index (χ4n) is 13.3. The molecule has 20 atom stereocenters. The van der Waals surface area contributed by atoms with Gasteiger partial charge in [-0.25, -0.2) is 0 Å². The summed E-state index contributed by atoms with van der Waals surface area (Å²) in [4.78, 5) is 0. The molecule has 0 spiro atoms. The van der Waals surface area contributed by atoms with E-state index in [1.807, 2.05) is 6.92 Å². The summed E-state index contributed by atoms with van der Waals surface area (Å²) < 4.78 is 24.4. The first-order valence-corrected chi connectivity index (χ1v) is 20.9. The number of fused-ring (bicyclic) bond motifs is 5. The Morgan fingerprint density at radius 1 is 0.727 bits per heavy atom. The number of hydrogen-bond acceptors (Lipinski definition) is 13. The van der Waals surface area contributed by atoms with Crippen molar-refractivity contribution in [1.29, 1.82) is 0 Å². The van der Waals surface area contributed by atoms with E-state index in [1.165, 1.54) is 5.57 Å². The minimum Gasteiger partial charge on any atom is -0.394 e. The molecule has 0 aromatic carbocycles. The molecule has 2 aliphatic heterocycles. The van der Waals surface area contributed by atoms with Gasteiger partial charge in [0.1, 0.15) is 48.8 Å². The van der Waals surface area contributed by atoms with Gasteiger partial charge >= 0.3 is 0 Å². The van der Waals surface area contributed by atoms with Crippen molar-refractivity contribution < 1.29 is 64.9 Å². The molecule has 0 bridgehead atoms. The van der Waals surface area contributed by atoms with E-state index >= 15 is 0 Å². The van der Waals surface area contributed by atoms with Gasteiger partial charge in [0, 0.05) is 0 Å². The third kappa shape index (κ3) is 7.20. The van der Waals surface area contributed by atoms with Gasteiger partial charge in [-0.2, -0.15) is 0 Å². The average molecular weight is 785 g/mol. The van der Waals surface area contributed by atoms with Crippen LogP contribution >= 0.6 is 0 Å². The van der Waals surface area contributed by atoms with Gasteiger partial charge in [-0.05, 0) is 124 Å². The number of rotatable bonds is 10. The van der Waals surface area contributed by atoms with Crippen LogP contribution in [0, 0.1) is 45.3 Å². The topological polar surface area (TPSA) is 219 Å². The van der Waals surface area contributed by atoms with Crippen molar-refractivity contribution in [2.75, 3.05) is 13.2 Å². The molecule has 2 heterocycles. The number of allylic oxidation sites excluding steroid dienone is 2. The molecule has 0 aromatic rings. The van der Waals surface area contributed by atoms with Gasteiger partial charge in [0.15, 0.2) is 12.6 Å². The molecule has 6 aliphatic rings. The van der Waals surface area contributed by atoms with Crippen molar-refractivity contribution in [1.82, 2.24) is 0 Å². The van der Waals surface area contributed by atoms with Crippen LogP contribution in [-0.2, 0) is 18.9 Å². The van der Waals surface area contributed by atoms with E-state index in [4.69, 9.17) is 18.9 Å². The van der Waals surface area contributed by atoms with Gasteiger partial charge in [-0.15, -0.1) is 0 Å². The van der Waals surface area contributed by atoms with Crippen LogP contribution in [0.25, 0.3) is 0 Å². The number of ether oxygens (including phenoxy) is 4. The maximum atomic E-state index is 12.2. The molecular weight excluding hydrogens is 712 g/mol. The van der Waals surface area contributed by atoms with Gasteiger partial charge in [-0.1, -0.05) is 46.3 Å². The molecule has 9 N–H and O–H groups in total. The zero-order valence-electron chi connectivity index (χ0n) is 34.3. The normalized spacial score (nSPS) is 52.0. The minimum absolute atomic E-state index is 0.00798. The fraction of sp³-hybridized carbons (Fsp3) is 0.952. The second-order valence-corrected chi connectivity index (χ2v) is 20.1. The Hall–Kier alpha value is -0.780. The highest BCUT2D eigenvalue weighted by atomic mass is 16.8. The van der Waals surface area contributed by atoms with Crippen LogP contribution in [0.4, 0.5) is 0 Å². The maximum Gasteiger partial charge on any atom is 0.187 e. The van der Waals surface area contributed by atoms with Crippen molar-refractivity contribution in [2.45, 2.75) is 192 Å². The standard InChI is InChI=1S/C42H72O13/c1-21(2)10-9-14-42(8,51)22-11-16-41(7)29(22)23(45)18-27-39(5)15-13-28(38(3,4)26(39)12-17-40(27,41)6)54-37-35(33(49)31(47)25(20-44)53-37)55-36-34(50)32(48)30(46)24(19-43)52-36/h10,22-37,43-51H,9,11-20H2,1-8H3/t22-,23+,24+,25+,26-,27+,28-,29?,30+,31+,32-,33-,34+,35+,36-,37-,39-,40+,41+,42-/m0/s1. The molecule has 55 heavy (non-hydrogen) atoms. The SMILES string of the molecule is CC(C)=CCC[C@](C)(O)[C@H]1CC[C@]2(C)C1[C@H](O)C[C@@H]1[C@@]3(C)CC[C@H](O[C@@H]4O[C@H](CO)[C@@H](O)[C@H](O)[C@H]4O[C@@H]4O[C@H](CO)[C@@H](O)[C@H](O)[C@H]4O)C(C)(C)[C@@H]3CC[C@]12C. The van der Waals surface area contributed by atoms with Gasteiger partial charge in [-0.3, -0.25) is 0 Å². The molecule has 1 unspecified atom stereocenters. The van der Waals surface area contributed by atoms with Crippen LogP contribution in [-0.4, -0.2) is 138 Å². The maximum absolute atomic E-state index is 12.2. The zero-order chi connectivity index (χ0) is 40.6. The predicted molar refractivity (Wildman–Crippen MR) is 201 cm³/mol. The van der Waals surface area contributed by atoms with Gasteiger partial charge < -0.3 is 64.9 Å². The summed E-state index contributed by atoms with van der Waals surface area (Å²) in [5, 5.41) is 97.4. The van der Waals surface area contributed by atoms with Crippen molar-refractivity contribution in [3.05, 3.63) is 11.6 Å². The third-order valence-electron chi connectivity index (χ3n) is 16.6. The largest absolute Gasteiger partial charge is 0.394 e. The number of hydrogen-bond donors (Lipinski definition) is 9. The second-order valence-electron chi connectivity index (χ2n) is 20.1. The van der Waals surface area contributed by atoms with Gasteiger partial charge in [0.25, 0.3) is 0 Å². The summed E-state index contributed by atoms with van der Waals surface area (Å²) in [6, 6.07) is 0. The van der Waals surface area contributed by atoms with E-state index in [-0.39, 0.29) is 39.9 Å². The molecule has 13 heteroatoms. The minimum atomic E-state index is -1.75. The lowest BCUT2D eigenvalue weighted by atomic mass is 9.35. The molecule has 0 aromatic heterocycles. The van der Waals surface area contributed by atoms with Crippen LogP contribution in [0.2, 0.25) is 0 Å². The van der Waals surface area contributed by atoms with Crippen LogP contribution in [0.15, 0.2) is 11.6 Å². The molecule has 4 aliphatic carbocycles. The summed E-state index contributed by atoms with van der Waals surface area (Å²) in [5.41, 5.74) is -0.405. The second kappa shape index (κ2) is 15.7. The summed E-state index contributed by atoms with van der Waals surface area (Å²) in [6.45, 7) is 16.5. The Morgan fingerprint density at radius 3 is 1.95 bits per heavy atom. The van der Waals surface area contributed by atoms with E-state index in [1.54, 1.807) is 0 Å². The zero-order valence-corrected chi connectivity index (χ0v) is 34.3. The highest BCUT2D eigenvalue weighted by Crippen LogP contribution is 2.76. The fourth-order valence-corrected chi connectivity index (χ4v) is 13.3. The van der Waals surface area contributed by atoms with Crippen molar-refractivity contribution >= 4 is 0 Å². The van der Waals surface area contributed by atoms with Crippen LogP contribution in [0.5, 0.6) is 0 Å². The van der Waals surface area contributed by atoms with Crippen molar-refractivity contribution in [2.24, 2.45) is 45.3 Å². The highest BCUT2D eigenvalue weighted by molar-refractivity contribution is 5.20. The van der Waals surface area contributed by atoms with Gasteiger partial charge in [0.05, 0.1) is 31.0 Å². The lowest BCUT2D eigenvalue weighted by molar-refractivity contribution is -0.378. The highest BCUT2D eigenvalue weighted by Gasteiger charge is 2.71. The molecule has 13 nitrogen and oxygen atoms in total. The predicted octanol–water partition coefficient (Wildman–Crippen LogP) is 2.15. The number of aliphatic hydroxyl groups excluding tert-OH is 8. The van der Waals surface area contributed by atoms with E-state index in [9.17, 15) is 46.0 Å². The Labute approximate surface area is 327 Å². The average Bonchev–Trinajstić information content (AvgIpc) is 3.50. The monoisotopic (exact) mass is 784 g/mol. The van der Waals surface area contributed by atoms with E-state index in [0.717, 1.165) is 38.5 Å². The molecule has 318 valence electrons. The Kier molecular flexibility index (Phi) is 12.5. The lowest BCUT2D eigenvalue weighted by Crippen LogP contribution is -2.68.